The molecule has 0 radical (unpaired) electrons. The number of nitro benzene ring substituents is 1. The van der Waals surface area contributed by atoms with E-state index in [4.69, 9.17) is 9.47 Å². The number of nitro groups is 1. The van der Waals surface area contributed by atoms with Crippen molar-refractivity contribution in [2.75, 3.05) is 6.54 Å². The SMILES string of the molecule is CCCCCCCC(CCCCCCC)OC(=O)CCCC(CCCC(=O)OC(CCCCCCC)CCCCCCC)N(CCC)S(=O)(=O)c1ccc([N+](=O)[O-])cc1. The Balaban J connectivity index is 3.09. The Kier molecular flexibility index (Phi) is 32.4. The highest BCUT2D eigenvalue weighted by molar-refractivity contribution is 7.89. The van der Waals surface area contributed by atoms with Gasteiger partial charge in [0.25, 0.3) is 5.69 Å². The van der Waals surface area contributed by atoms with Gasteiger partial charge < -0.3 is 9.47 Å². The third kappa shape index (κ3) is 25.8. The Morgan fingerprint density at radius 3 is 1.22 bits per heavy atom. The minimum Gasteiger partial charge on any atom is -0.462 e. The van der Waals surface area contributed by atoms with Gasteiger partial charge in [0.05, 0.1) is 9.82 Å². The zero-order chi connectivity index (χ0) is 43.6. The van der Waals surface area contributed by atoms with E-state index in [2.05, 4.69) is 27.7 Å². The second kappa shape index (κ2) is 35.1. The molecule has 0 aliphatic rings. The fraction of sp³-hybridized carbons (Fsp3) is 0.833. The summed E-state index contributed by atoms with van der Waals surface area (Å²) >= 11 is 0. The van der Waals surface area contributed by atoms with Gasteiger partial charge in [-0.2, -0.15) is 4.31 Å². The lowest BCUT2D eigenvalue weighted by Gasteiger charge is -2.31. The number of unbranched alkanes of at least 4 members (excludes halogenated alkanes) is 16. The fourth-order valence-corrected chi connectivity index (χ4v) is 9.68. The molecule has 11 heteroatoms. The Bertz CT molecular complexity index is 1240. The van der Waals surface area contributed by atoms with Gasteiger partial charge in [-0.25, -0.2) is 8.42 Å². The molecule has 0 aliphatic carbocycles. The van der Waals surface area contributed by atoms with Crippen molar-refractivity contribution in [3.63, 3.8) is 0 Å². The Hall–Kier alpha value is -2.53. The number of non-ortho nitro benzene ring substituents is 1. The predicted octanol–water partition coefficient (Wildman–Crippen LogP) is 14.0. The van der Waals surface area contributed by atoms with Gasteiger partial charge in [0.1, 0.15) is 12.2 Å². The van der Waals surface area contributed by atoms with E-state index in [1.807, 2.05) is 6.92 Å². The smallest absolute Gasteiger partial charge is 0.306 e. The Labute approximate surface area is 360 Å². The van der Waals surface area contributed by atoms with Crippen molar-refractivity contribution in [2.45, 2.75) is 257 Å². The number of benzene rings is 1. The summed E-state index contributed by atoms with van der Waals surface area (Å²) in [6.45, 7) is 11.0. The van der Waals surface area contributed by atoms with Crippen LogP contribution in [0.1, 0.15) is 234 Å². The predicted molar refractivity (Wildman–Crippen MR) is 242 cm³/mol. The van der Waals surface area contributed by atoms with E-state index in [0.717, 1.165) is 77.0 Å². The lowest BCUT2D eigenvalue weighted by atomic mass is 10.0. The van der Waals surface area contributed by atoms with Gasteiger partial charge in [-0.05, 0) is 95.6 Å². The standard InChI is InChI=1S/C48H86N2O8S/c1-6-11-15-19-23-31-44(32-24-20-16-12-7-2)57-47(51)35-27-29-42(49(41-10-5)59(55,56)46-39-37-43(38-40-46)50(53)54)30-28-36-48(52)58-45(33-25-21-17-13-8-3)34-26-22-18-14-9-4/h37-40,42,44-45H,6-36,41H2,1-5H3. The molecule has 0 saturated carbocycles. The molecule has 0 atom stereocenters. The molecule has 1 aromatic carbocycles. The van der Waals surface area contributed by atoms with Crippen LogP contribution in [0.2, 0.25) is 0 Å². The molecule has 0 amide bonds. The van der Waals surface area contributed by atoms with Crippen molar-refractivity contribution in [3.05, 3.63) is 34.4 Å². The third-order valence-corrected chi connectivity index (χ3v) is 13.4. The molecule has 0 bridgehead atoms. The number of nitrogens with zero attached hydrogens (tertiary/aromatic N) is 2. The maximum absolute atomic E-state index is 14.2. The summed E-state index contributed by atoms with van der Waals surface area (Å²) in [6, 6.07) is 4.53. The maximum Gasteiger partial charge on any atom is 0.306 e. The summed E-state index contributed by atoms with van der Waals surface area (Å²) in [5.74, 6) is -0.481. The first-order valence-corrected chi connectivity index (χ1v) is 25.6. The molecule has 0 heterocycles. The summed E-state index contributed by atoms with van der Waals surface area (Å²) < 4.78 is 42.0. The van der Waals surface area contributed by atoms with E-state index in [1.54, 1.807) is 0 Å². The highest BCUT2D eigenvalue weighted by Crippen LogP contribution is 2.27. The van der Waals surface area contributed by atoms with Gasteiger partial charge in [0.2, 0.25) is 10.0 Å². The molecular weight excluding hydrogens is 765 g/mol. The molecule has 1 rings (SSSR count). The van der Waals surface area contributed by atoms with Crippen molar-refractivity contribution in [1.29, 1.82) is 0 Å². The highest BCUT2D eigenvalue weighted by atomic mass is 32.2. The number of carbonyl (C=O) groups is 2. The first-order valence-electron chi connectivity index (χ1n) is 24.2. The molecule has 0 aliphatic heterocycles. The molecule has 342 valence electrons. The van der Waals surface area contributed by atoms with E-state index >= 15 is 0 Å². The topological polar surface area (TPSA) is 133 Å². The maximum atomic E-state index is 14.2. The van der Waals surface area contributed by atoms with Crippen LogP contribution in [0.4, 0.5) is 5.69 Å². The number of ether oxygens (including phenoxy) is 2. The minimum atomic E-state index is -4.03. The van der Waals surface area contributed by atoms with Crippen molar-refractivity contribution < 1.29 is 32.4 Å². The van der Waals surface area contributed by atoms with Crippen LogP contribution < -0.4 is 0 Å². The van der Waals surface area contributed by atoms with Crippen LogP contribution in [0.3, 0.4) is 0 Å². The van der Waals surface area contributed by atoms with Gasteiger partial charge in [0.15, 0.2) is 0 Å². The minimum absolute atomic E-state index is 0.0122. The number of sulfonamides is 1. The summed E-state index contributed by atoms with van der Waals surface area (Å²) in [4.78, 5) is 37.3. The molecule has 0 fully saturated rings. The van der Waals surface area contributed by atoms with Gasteiger partial charge in [-0.3, -0.25) is 19.7 Å². The van der Waals surface area contributed by atoms with E-state index in [1.165, 1.54) is 106 Å². The Morgan fingerprint density at radius 1 is 0.542 bits per heavy atom. The average Bonchev–Trinajstić information content (AvgIpc) is 3.21. The lowest BCUT2D eigenvalue weighted by Crippen LogP contribution is -2.41. The van der Waals surface area contributed by atoms with Gasteiger partial charge >= 0.3 is 11.9 Å². The molecule has 0 aromatic heterocycles. The van der Waals surface area contributed by atoms with Crippen LogP contribution in [-0.4, -0.2) is 54.4 Å². The summed E-state index contributed by atoms with van der Waals surface area (Å²) in [7, 11) is -4.03. The number of hydrogen-bond acceptors (Lipinski definition) is 8. The largest absolute Gasteiger partial charge is 0.462 e. The van der Waals surface area contributed by atoms with Crippen LogP contribution >= 0.6 is 0 Å². The van der Waals surface area contributed by atoms with Crippen LogP contribution in [0.15, 0.2) is 29.2 Å². The molecule has 0 N–H and O–H groups in total. The zero-order valence-electron chi connectivity index (χ0n) is 38.2. The number of carbonyl (C=O) groups excluding carboxylic acids is 2. The molecular formula is C48H86N2O8S. The van der Waals surface area contributed by atoms with Crippen LogP contribution in [-0.2, 0) is 29.1 Å². The molecule has 0 unspecified atom stereocenters. The van der Waals surface area contributed by atoms with E-state index in [-0.39, 0.29) is 54.1 Å². The first-order chi connectivity index (χ1) is 28.5. The normalized spacial score (nSPS) is 11.9. The van der Waals surface area contributed by atoms with E-state index < -0.39 is 21.0 Å². The highest BCUT2D eigenvalue weighted by Gasteiger charge is 2.31. The third-order valence-electron chi connectivity index (χ3n) is 11.5. The second-order valence-electron chi connectivity index (χ2n) is 16.8. The summed E-state index contributed by atoms with van der Waals surface area (Å²) in [5.41, 5.74) is -0.181. The van der Waals surface area contributed by atoms with E-state index in [9.17, 15) is 28.1 Å². The average molecular weight is 851 g/mol. The van der Waals surface area contributed by atoms with Crippen molar-refractivity contribution in [2.24, 2.45) is 0 Å². The molecule has 59 heavy (non-hydrogen) atoms. The summed E-state index contributed by atoms with van der Waals surface area (Å²) in [6.07, 6.45) is 29.1. The monoisotopic (exact) mass is 851 g/mol. The van der Waals surface area contributed by atoms with Gasteiger partial charge in [0, 0.05) is 37.6 Å². The molecule has 0 spiro atoms. The van der Waals surface area contributed by atoms with Crippen molar-refractivity contribution >= 4 is 27.6 Å². The molecule has 1 aromatic rings. The number of hydrogen-bond donors (Lipinski definition) is 0. The van der Waals surface area contributed by atoms with Crippen LogP contribution in [0.5, 0.6) is 0 Å². The fourth-order valence-electron chi connectivity index (χ4n) is 7.91. The van der Waals surface area contributed by atoms with Crippen molar-refractivity contribution in [3.8, 4) is 0 Å². The summed E-state index contributed by atoms with van der Waals surface area (Å²) in [5, 5.41) is 11.3. The Morgan fingerprint density at radius 2 is 0.898 bits per heavy atom. The van der Waals surface area contributed by atoms with E-state index in [0.29, 0.717) is 32.1 Å². The second-order valence-corrected chi connectivity index (χ2v) is 18.7. The molecule has 0 saturated heterocycles. The van der Waals surface area contributed by atoms with Crippen molar-refractivity contribution in [1.82, 2.24) is 4.31 Å². The molecule has 10 nitrogen and oxygen atoms in total. The van der Waals surface area contributed by atoms with Gasteiger partial charge in [-0.15, -0.1) is 0 Å². The van der Waals surface area contributed by atoms with Crippen LogP contribution in [0.25, 0.3) is 0 Å². The van der Waals surface area contributed by atoms with Crippen LogP contribution in [0, 0.1) is 10.1 Å². The quantitative estimate of drug-likeness (QED) is 0.0276. The lowest BCUT2D eigenvalue weighted by molar-refractivity contribution is -0.384. The number of rotatable bonds is 40. The number of esters is 2. The zero-order valence-corrected chi connectivity index (χ0v) is 39.1. The first kappa shape index (κ1) is 54.5. The van der Waals surface area contributed by atoms with Gasteiger partial charge in [-0.1, -0.05) is 137 Å².